The number of hydrogen-bond donors (Lipinski definition) is 2. The third-order valence-corrected chi connectivity index (χ3v) is 4.16. The minimum absolute atomic E-state index is 0.481. The van der Waals surface area contributed by atoms with Gasteiger partial charge in [0.05, 0.1) is 0 Å². The van der Waals surface area contributed by atoms with E-state index in [4.69, 9.17) is 5.84 Å². The van der Waals surface area contributed by atoms with Crippen LogP contribution in [0.5, 0.6) is 0 Å². The molecular weight excluding hydrogens is 204 g/mol. The van der Waals surface area contributed by atoms with Crippen molar-refractivity contribution in [3.63, 3.8) is 0 Å². The molecule has 0 amide bonds. The Labute approximate surface area is 98.0 Å². The number of rotatable bonds is 6. The zero-order chi connectivity index (χ0) is 11.1. The van der Waals surface area contributed by atoms with Crippen LogP contribution in [0, 0.1) is 5.92 Å². The van der Waals surface area contributed by atoms with Crippen LogP contribution >= 0.6 is 11.8 Å². The Morgan fingerprint density at radius 2 is 2.20 bits per heavy atom. The summed E-state index contributed by atoms with van der Waals surface area (Å²) >= 11 is 2.09. The third kappa shape index (κ3) is 5.59. The van der Waals surface area contributed by atoms with Crippen LogP contribution in [0.3, 0.4) is 0 Å². The Bertz CT molecular complexity index is 188. The van der Waals surface area contributed by atoms with Gasteiger partial charge in [0.15, 0.2) is 0 Å². The van der Waals surface area contributed by atoms with Crippen molar-refractivity contribution >= 4 is 11.8 Å². The average molecular weight is 228 g/mol. The summed E-state index contributed by atoms with van der Waals surface area (Å²) in [6.07, 6.45) is 6.21. The molecule has 15 heavy (non-hydrogen) atoms. The minimum atomic E-state index is 0.481. The van der Waals surface area contributed by atoms with Crippen molar-refractivity contribution in [2.75, 3.05) is 11.5 Å². The van der Waals surface area contributed by atoms with Crippen LogP contribution < -0.4 is 11.3 Å². The molecule has 1 fully saturated rings. The lowest BCUT2D eigenvalue weighted by Crippen LogP contribution is -2.37. The normalized spacial score (nSPS) is 20.1. The van der Waals surface area contributed by atoms with Gasteiger partial charge in [0.2, 0.25) is 0 Å². The Morgan fingerprint density at radius 3 is 2.73 bits per heavy atom. The van der Waals surface area contributed by atoms with Crippen molar-refractivity contribution in [2.24, 2.45) is 11.8 Å². The Kier molecular flexibility index (Phi) is 6.37. The second-order valence-corrected chi connectivity index (χ2v) is 5.88. The van der Waals surface area contributed by atoms with Crippen LogP contribution in [-0.2, 0) is 0 Å². The van der Waals surface area contributed by atoms with Gasteiger partial charge in [-0.15, -0.1) is 6.58 Å². The van der Waals surface area contributed by atoms with E-state index >= 15 is 0 Å². The number of nitrogens with one attached hydrogen (secondary N) is 1. The lowest BCUT2D eigenvalue weighted by atomic mass is 9.92. The lowest BCUT2D eigenvalue weighted by Gasteiger charge is -2.26. The van der Waals surface area contributed by atoms with Crippen LogP contribution in [-0.4, -0.2) is 17.5 Å². The second kappa shape index (κ2) is 7.31. The van der Waals surface area contributed by atoms with E-state index in [2.05, 4.69) is 30.7 Å². The molecular formula is C12H24N2S. The molecule has 0 saturated carbocycles. The predicted octanol–water partition coefficient (Wildman–Crippen LogP) is 2.71. The molecule has 1 aliphatic rings. The topological polar surface area (TPSA) is 38.0 Å². The molecule has 88 valence electrons. The summed E-state index contributed by atoms with van der Waals surface area (Å²) in [4.78, 5) is 0. The first-order valence-corrected chi connectivity index (χ1v) is 7.06. The van der Waals surface area contributed by atoms with Crippen LogP contribution in [0.4, 0.5) is 0 Å². The maximum absolute atomic E-state index is 5.59. The fourth-order valence-electron chi connectivity index (χ4n) is 2.07. The predicted molar refractivity (Wildman–Crippen MR) is 69.8 cm³/mol. The van der Waals surface area contributed by atoms with Gasteiger partial charge >= 0.3 is 0 Å². The molecule has 0 aromatic carbocycles. The van der Waals surface area contributed by atoms with Gasteiger partial charge in [0, 0.05) is 6.04 Å². The van der Waals surface area contributed by atoms with E-state index < -0.39 is 0 Å². The summed E-state index contributed by atoms with van der Waals surface area (Å²) in [5.74, 6) is 9.15. The van der Waals surface area contributed by atoms with Crippen molar-refractivity contribution in [2.45, 2.75) is 45.1 Å². The van der Waals surface area contributed by atoms with Gasteiger partial charge in [-0.25, -0.2) is 0 Å². The van der Waals surface area contributed by atoms with E-state index in [9.17, 15) is 0 Å². The van der Waals surface area contributed by atoms with Crippen LogP contribution in [0.15, 0.2) is 12.2 Å². The molecule has 0 aromatic rings. The highest BCUT2D eigenvalue weighted by Gasteiger charge is 2.18. The van der Waals surface area contributed by atoms with Crippen LogP contribution in [0.1, 0.15) is 39.0 Å². The first-order valence-electron chi connectivity index (χ1n) is 5.90. The standard InChI is InChI=1S/C12H24N2S/c1-10(2)3-4-12(14-13)9-11-5-7-15-8-6-11/h11-12,14H,1,3-9,13H2,2H3. The molecule has 1 atom stereocenters. The van der Waals surface area contributed by atoms with E-state index in [-0.39, 0.29) is 0 Å². The van der Waals surface area contributed by atoms with Crippen molar-refractivity contribution in [3.05, 3.63) is 12.2 Å². The van der Waals surface area contributed by atoms with E-state index in [1.165, 1.54) is 36.3 Å². The molecule has 1 aliphatic heterocycles. The van der Waals surface area contributed by atoms with Gasteiger partial charge in [0.1, 0.15) is 0 Å². The highest BCUT2D eigenvalue weighted by Crippen LogP contribution is 2.27. The van der Waals surface area contributed by atoms with Gasteiger partial charge in [-0.2, -0.15) is 11.8 Å². The quantitative estimate of drug-likeness (QED) is 0.417. The Morgan fingerprint density at radius 1 is 1.53 bits per heavy atom. The number of hydrogen-bond acceptors (Lipinski definition) is 3. The summed E-state index contributed by atoms with van der Waals surface area (Å²) in [5.41, 5.74) is 4.22. The number of thioether (sulfide) groups is 1. The lowest BCUT2D eigenvalue weighted by molar-refractivity contribution is 0.354. The monoisotopic (exact) mass is 228 g/mol. The summed E-state index contributed by atoms with van der Waals surface area (Å²) in [7, 11) is 0. The Balaban J connectivity index is 2.22. The van der Waals surface area contributed by atoms with Crippen molar-refractivity contribution in [1.82, 2.24) is 5.43 Å². The molecule has 0 bridgehead atoms. The smallest absolute Gasteiger partial charge is 0.0216 e. The minimum Gasteiger partial charge on any atom is -0.271 e. The summed E-state index contributed by atoms with van der Waals surface area (Å²) in [5, 5.41) is 0. The average Bonchev–Trinajstić information content (AvgIpc) is 2.25. The second-order valence-electron chi connectivity index (χ2n) is 4.65. The van der Waals surface area contributed by atoms with Gasteiger partial charge in [-0.05, 0) is 56.5 Å². The SMILES string of the molecule is C=C(C)CCC(CC1CCSCC1)NN. The van der Waals surface area contributed by atoms with Crippen molar-refractivity contribution in [1.29, 1.82) is 0 Å². The summed E-state index contributed by atoms with van der Waals surface area (Å²) < 4.78 is 0. The van der Waals surface area contributed by atoms with Gasteiger partial charge in [-0.1, -0.05) is 5.57 Å². The largest absolute Gasteiger partial charge is 0.271 e. The molecule has 1 rings (SSSR count). The van der Waals surface area contributed by atoms with Crippen molar-refractivity contribution in [3.8, 4) is 0 Å². The van der Waals surface area contributed by atoms with E-state index in [0.717, 1.165) is 18.8 Å². The van der Waals surface area contributed by atoms with Crippen LogP contribution in [0.2, 0.25) is 0 Å². The first-order chi connectivity index (χ1) is 7.22. The van der Waals surface area contributed by atoms with E-state index in [1.807, 2.05) is 0 Å². The molecule has 0 radical (unpaired) electrons. The van der Waals surface area contributed by atoms with Gasteiger partial charge in [-0.3, -0.25) is 11.3 Å². The highest BCUT2D eigenvalue weighted by molar-refractivity contribution is 7.99. The number of nitrogens with two attached hydrogens (primary N) is 1. The molecule has 0 aliphatic carbocycles. The zero-order valence-electron chi connectivity index (χ0n) is 9.80. The summed E-state index contributed by atoms with van der Waals surface area (Å²) in [6, 6.07) is 0.481. The van der Waals surface area contributed by atoms with Crippen molar-refractivity contribution < 1.29 is 0 Å². The first kappa shape index (κ1) is 13.1. The zero-order valence-corrected chi connectivity index (χ0v) is 10.6. The van der Waals surface area contributed by atoms with Gasteiger partial charge in [0.25, 0.3) is 0 Å². The molecule has 3 heteroatoms. The molecule has 2 nitrogen and oxygen atoms in total. The van der Waals surface area contributed by atoms with E-state index in [0.29, 0.717) is 6.04 Å². The fourth-order valence-corrected chi connectivity index (χ4v) is 3.28. The Hall–Kier alpha value is 0.01000. The molecule has 1 saturated heterocycles. The van der Waals surface area contributed by atoms with Gasteiger partial charge < -0.3 is 0 Å². The number of allylic oxidation sites excluding steroid dienone is 1. The third-order valence-electron chi connectivity index (χ3n) is 3.11. The molecule has 0 aromatic heterocycles. The fraction of sp³-hybridized carbons (Fsp3) is 0.833. The summed E-state index contributed by atoms with van der Waals surface area (Å²) in [6.45, 7) is 6.02. The molecule has 1 heterocycles. The molecule has 1 unspecified atom stereocenters. The van der Waals surface area contributed by atoms with E-state index in [1.54, 1.807) is 0 Å². The molecule has 0 spiro atoms. The maximum Gasteiger partial charge on any atom is 0.0216 e. The highest BCUT2D eigenvalue weighted by atomic mass is 32.2. The molecule has 3 N–H and O–H groups in total. The maximum atomic E-state index is 5.59. The number of hydrazine groups is 1. The van der Waals surface area contributed by atoms with Crippen LogP contribution in [0.25, 0.3) is 0 Å².